The number of nitrogens with one attached hydrogen (secondary N) is 1. The lowest BCUT2D eigenvalue weighted by molar-refractivity contribution is 0.606. The van der Waals surface area contributed by atoms with Crippen LogP contribution in [0, 0.1) is 12.7 Å². The van der Waals surface area contributed by atoms with Gasteiger partial charge in [0.05, 0.1) is 1.37 Å². The van der Waals surface area contributed by atoms with E-state index >= 15 is 0 Å². The van der Waals surface area contributed by atoms with E-state index in [1.807, 2.05) is 0 Å². The zero-order chi connectivity index (χ0) is 8.72. The van der Waals surface area contributed by atoms with E-state index in [2.05, 4.69) is 5.32 Å². The van der Waals surface area contributed by atoms with Crippen LogP contribution in [0.2, 0.25) is 0 Å². The van der Waals surface area contributed by atoms with Crippen molar-refractivity contribution in [3.05, 3.63) is 29.1 Å². The Bertz CT molecular complexity index is 336. The molecule has 2 heteroatoms. The minimum Gasteiger partial charge on any atom is -0.384 e. The van der Waals surface area contributed by atoms with Crippen LogP contribution in [0.1, 0.15) is 12.5 Å². The Labute approximate surface area is 66.6 Å². The Balaban J connectivity index is 2.69. The summed E-state index contributed by atoms with van der Waals surface area (Å²) in [6.07, 6.45) is 0.703. The molecular formula is C9H10FN. The molecular weight excluding hydrogens is 141 g/mol. The van der Waals surface area contributed by atoms with E-state index in [0.29, 0.717) is 29.3 Å². The minimum absolute atomic E-state index is 0.147. The second-order valence-corrected chi connectivity index (χ2v) is 2.82. The first-order chi connectivity index (χ1) is 5.70. The molecule has 0 amide bonds. The van der Waals surface area contributed by atoms with Crippen LogP contribution in [-0.2, 0) is 6.42 Å². The second-order valence-electron chi connectivity index (χ2n) is 2.82. The van der Waals surface area contributed by atoms with Crippen molar-refractivity contribution >= 4 is 5.69 Å². The number of hydrogen-bond acceptors (Lipinski definition) is 1. The standard InChI is InChI=1S/C9H10FN/c1-6-2-3-8-7(9(6)10)4-5-11-8/h2-3,11H,4-5H2,1H3/i3D. The third-order valence-electron chi connectivity index (χ3n) is 2.02. The number of anilines is 1. The number of aryl methyl sites for hydroxylation is 1. The van der Waals surface area contributed by atoms with Gasteiger partial charge in [-0.15, -0.1) is 0 Å². The average Bonchev–Trinajstić information content (AvgIpc) is 2.48. The summed E-state index contributed by atoms with van der Waals surface area (Å²) in [5.74, 6) is -0.147. The van der Waals surface area contributed by atoms with Gasteiger partial charge in [0.2, 0.25) is 0 Å². The quantitative estimate of drug-likeness (QED) is 0.600. The van der Waals surface area contributed by atoms with Gasteiger partial charge in [0.15, 0.2) is 0 Å². The van der Waals surface area contributed by atoms with E-state index in [1.165, 1.54) is 0 Å². The van der Waals surface area contributed by atoms with Gasteiger partial charge in [0, 0.05) is 17.8 Å². The number of rotatable bonds is 0. The van der Waals surface area contributed by atoms with Crippen molar-refractivity contribution < 1.29 is 5.76 Å². The molecule has 0 radical (unpaired) electrons. The van der Waals surface area contributed by atoms with E-state index in [-0.39, 0.29) is 5.82 Å². The predicted octanol–water partition coefficient (Wildman–Crippen LogP) is 2.10. The highest BCUT2D eigenvalue weighted by Gasteiger charge is 2.15. The summed E-state index contributed by atoms with van der Waals surface area (Å²) in [6.45, 7) is 2.45. The summed E-state index contributed by atoms with van der Waals surface area (Å²) >= 11 is 0. The van der Waals surface area contributed by atoms with E-state index in [0.717, 1.165) is 6.54 Å². The molecule has 0 saturated heterocycles. The van der Waals surface area contributed by atoms with Crippen molar-refractivity contribution in [2.45, 2.75) is 13.3 Å². The summed E-state index contributed by atoms with van der Waals surface area (Å²) in [4.78, 5) is 0. The van der Waals surface area contributed by atoms with Crippen molar-refractivity contribution in [2.75, 3.05) is 11.9 Å². The molecule has 2 rings (SSSR count). The van der Waals surface area contributed by atoms with E-state index in [9.17, 15) is 4.39 Å². The predicted molar refractivity (Wildman–Crippen MR) is 43.3 cm³/mol. The van der Waals surface area contributed by atoms with Crippen LogP contribution in [0.3, 0.4) is 0 Å². The first-order valence-electron chi connectivity index (χ1n) is 4.22. The molecule has 0 atom stereocenters. The van der Waals surface area contributed by atoms with Gasteiger partial charge in [0.25, 0.3) is 0 Å². The smallest absolute Gasteiger partial charge is 0.131 e. The Morgan fingerprint density at radius 2 is 2.55 bits per heavy atom. The van der Waals surface area contributed by atoms with Crippen molar-refractivity contribution in [3.63, 3.8) is 0 Å². The lowest BCUT2D eigenvalue weighted by atomic mass is 10.1. The second kappa shape index (κ2) is 2.22. The number of fused-ring (bicyclic) bond motifs is 1. The molecule has 0 bridgehead atoms. The Kier molecular flexibility index (Phi) is 1.13. The maximum Gasteiger partial charge on any atom is 0.131 e. The van der Waals surface area contributed by atoms with Crippen molar-refractivity contribution in [2.24, 2.45) is 0 Å². The number of benzene rings is 1. The van der Waals surface area contributed by atoms with E-state index in [1.54, 1.807) is 13.0 Å². The summed E-state index contributed by atoms with van der Waals surface area (Å²) in [5.41, 5.74) is 1.93. The molecule has 1 N–H and O–H groups in total. The fourth-order valence-electron chi connectivity index (χ4n) is 1.38. The van der Waals surface area contributed by atoms with Crippen molar-refractivity contribution in [3.8, 4) is 0 Å². The molecule has 1 heterocycles. The van der Waals surface area contributed by atoms with Crippen LogP contribution in [-0.4, -0.2) is 6.54 Å². The van der Waals surface area contributed by atoms with E-state index < -0.39 is 0 Å². The fraction of sp³-hybridized carbons (Fsp3) is 0.333. The highest BCUT2D eigenvalue weighted by molar-refractivity contribution is 5.57. The van der Waals surface area contributed by atoms with Crippen LogP contribution in [0.15, 0.2) is 12.1 Å². The zero-order valence-corrected chi connectivity index (χ0v) is 6.37. The van der Waals surface area contributed by atoms with Gasteiger partial charge in [-0.05, 0) is 25.0 Å². The maximum atomic E-state index is 13.4. The normalized spacial score (nSPS) is 15.6. The molecule has 1 aromatic carbocycles. The largest absolute Gasteiger partial charge is 0.384 e. The fourth-order valence-corrected chi connectivity index (χ4v) is 1.38. The van der Waals surface area contributed by atoms with Crippen molar-refractivity contribution in [1.29, 1.82) is 0 Å². The lowest BCUT2D eigenvalue weighted by Gasteiger charge is -2.02. The Morgan fingerprint density at radius 1 is 1.73 bits per heavy atom. The summed E-state index contributed by atoms with van der Waals surface area (Å²) < 4.78 is 20.9. The highest BCUT2D eigenvalue weighted by Crippen LogP contribution is 2.26. The first kappa shape index (κ1) is 5.58. The van der Waals surface area contributed by atoms with Gasteiger partial charge in [-0.3, -0.25) is 0 Å². The van der Waals surface area contributed by atoms with Crippen molar-refractivity contribution in [1.82, 2.24) is 0 Å². The minimum atomic E-state index is -0.147. The molecule has 0 saturated carbocycles. The molecule has 0 aliphatic carbocycles. The van der Waals surface area contributed by atoms with Crippen LogP contribution < -0.4 is 5.32 Å². The molecule has 11 heavy (non-hydrogen) atoms. The van der Waals surface area contributed by atoms with Crippen LogP contribution in [0.25, 0.3) is 0 Å². The third kappa shape index (κ3) is 0.897. The average molecular weight is 152 g/mol. The molecule has 0 spiro atoms. The monoisotopic (exact) mass is 152 g/mol. The molecule has 58 valence electrons. The molecule has 1 aliphatic heterocycles. The molecule has 0 aromatic heterocycles. The maximum absolute atomic E-state index is 13.4. The summed E-state index contributed by atoms with van der Waals surface area (Å²) in [5, 5.41) is 3.01. The molecule has 0 fully saturated rings. The topological polar surface area (TPSA) is 12.0 Å². The summed E-state index contributed by atoms with van der Waals surface area (Å²) in [7, 11) is 0. The zero-order valence-electron chi connectivity index (χ0n) is 7.37. The number of hydrogen-bond donors (Lipinski definition) is 1. The van der Waals surface area contributed by atoms with Gasteiger partial charge in [0.1, 0.15) is 5.82 Å². The molecule has 1 nitrogen and oxygen atoms in total. The van der Waals surface area contributed by atoms with Gasteiger partial charge >= 0.3 is 0 Å². The highest BCUT2D eigenvalue weighted by atomic mass is 19.1. The molecule has 0 unspecified atom stereocenters. The number of halogens is 1. The molecule has 1 aliphatic rings. The van der Waals surface area contributed by atoms with Gasteiger partial charge in [-0.25, -0.2) is 4.39 Å². The Hall–Kier alpha value is -1.05. The molecule has 1 aromatic rings. The first-order valence-corrected chi connectivity index (χ1v) is 3.72. The van der Waals surface area contributed by atoms with E-state index in [4.69, 9.17) is 1.37 Å². The lowest BCUT2D eigenvalue weighted by Crippen LogP contribution is -1.90. The van der Waals surface area contributed by atoms with Crippen LogP contribution >= 0.6 is 0 Å². The van der Waals surface area contributed by atoms with Gasteiger partial charge < -0.3 is 5.32 Å². The Morgan fingerprint density at radius 3 is 3.36 bits per heavy atom. The van der Waals surface area contributed by atoms with Crippen LogP contribution in [0.5, 0.6) is 0 Å². The summed E-state index contributed by atoms with van der Waals surface area (Å²) in [6, 6.07) is 1.97. The van der Waals surface area contributed by atoms with Crippen LogP contribution in [0.4, 0.5) is 10.1 Å². The van der Waals surface area contributed by atoms with Gasteiger partial charge in [-0.2, -0.15) is 0 Å². The third-order valence-corrected chi connectivity index (χ3v) is 2.02. The van der Waals surface area contributed by atoms with Gasteiger partial charge in [-0.1, -0.05) is 6.07 Å². The SMILES string of the molecule is [2H]c1cc(C)c(F)c2c1NCC2.